The third kappa shape index (κ3) is 5.25. The minimum atomic E-state index is -0.978. The molecule has 0 aromatic heterocycles. The highest BCUT2D eigenvalue weighted by molar-refractivity contribution is 6.51. The lowest BCUT2D eigenvalue weighted by Gasteiger charge is -2.25. The highest BCUT2D eigenvalue weighted by Gasteiger charge is 2.47. The molecule has 1 aliphatic heterocycles. The zero-order chi connectivity index (χ0) is 25.8. The van der Waals surface area contributed by atoms with Gasteiger partial charge in [0.1, 0.15) is 17.3 Å². The van der Waals surface area contributed by atoms with Gasteiger partial charge in [0.15, 0.2) is 0 Å². The molecule has 36 heavy (non-hydrogen) atoms. The number of benzene rings is 3. The first kappa shape index (κ1) is 25.7. The average Bonchev–Trinajstić information content (AvgIpc) is 3.14. The predicted molar refractivity (Wildman–Crippen MR) is 139 cm³/mol. The first-order valence-electron chi connectivity index (χ1n) is 11.6. The zero-order valence-electron chi connectivity index (χ0n) is 19.5. The van der Waals surface area contributed by atoms with Gasteiger partial charge in [0.25, 0.3) is 11.7 Å². The van der Waals surface area contributed by atoms with Crippen molar-refractivity contribution in [2.24, 2.45) is 0 Å². The number of Topliss-reactive ketones (excluding diaryl/α,β-unsaturated/α-hetero) is 1. The quantitative estimate of drug-likeness (QED) is 0.144. The molecule has 0 spiro atoms. The number of carbonyl (C=O) groups excluding carboxylic acids is 2. The Morgan fingerprint density at radius 2 is 1.69 bits per heavy atom. The number of hydrogen-bond donors (Lipinski definition) is 1. The van der Waals surface area contributed by atoms with Gasteiger partial charge in [-0.05, 0) is 66.6 Å². The molecule has 3 aromatic rings. The van der Waals surface area contributed by atoms with Gasteiger partial charge in [-0.1, -0.05) is 55.1 Å². The Bertz CT molecular complexity index is 1310. The van der Waals surface area contributed by atoms with Gasteiger partial charge in [0, 0.05) is 16.3 Å². The summed E-state index contributed by atoms with van der Waals surface area (Å²) in [7, 11) is 0. The van der Waals surface area contributed by atoms with Gasteiger partial charge >= 0.3 is 0 Å². The van der Waals surface area contributed by atoms with Crippen LogP contribution in [0.25, 0.3) is 5.76 Å². The minimum absolute atomic E-state index is 0.0978. The number of rotatable bonds is 8. The van der Waals surface area contributed by atoms with Crippen LogP contribution < -0.4 is 9.64 Å². The Hall–Kier alpha value is -3.35. The molecule has 0 saturated carbocycles. The van der Waals surface area contributed by atoms with Crippen LogP contribution in [0.4, 0.5) is 10.1 Å². The van der Waals surface area contributed by atoms with Gasteiger partial charge in [-0.25, -0.2) is 4.39 Å². The van der Waals surface area contributed by atoms with E-state index < -0.39 is 23.5 Å². The van der Waals surface area contributed by atoms with Crippen molar-refractivity contribution in [3.05, 3.63) is 99.3 Å². The molecule has 0 bridgehead atoms. The Balaban J connectivity index is 1.76. The lowest BCUT2D eigenvalue weighted by molar-refractivity contribution is -0.132. The van der Waals surface area contributed by atoms with Crippen molar-refractivity contribution < 1.29 is 23.8 Å². The van der Waals surface area contributed by atoms with Crippen molar-refractivity contribution in [1.29, 1.82) is 0 Å². The van der Waals surface area contributed by atoms with E-state index in [1.54, 1.807) is 48.5 Å². The van der Waals surface area contributed by atoms with E-state index >= 15 is 0 Å². The predicted octanol–water partition coefficient (Wildman–Crippen LogP) is 7.33. The third-order valence-electron chi connectivity index (χ3n) is 5.96. The number of aliphatic hydroxyl groups is 1. The van der Waals surface area contributed by atoms with Crippen LogP contribution in [0.2, 0.25) is 10.0 Å². The van der Waals surface area contributed by atoms with Crippen LogP contribution in [-0.2, 0) is 9.59 Å². The number of anilines is 1. The van der Waals surface area contributed by atoms with Crippen LogP contribution in [0, 0.1) is 5.82 Å². The summed E-state index contributed by atoms with van der Waals surface area (Å²) in [5.41, 5.74) is 1.01. The molecular formula is C28H24Cl2FNO4. The maximum absolute atomic E-state index is 13.8. The lowest BCUT2D eigenvalue weighted by Crippen LogP contribution is -2.29. The Morgan fingerprint density at radius 3 is 2.33 bits per heavy atom. The maximum Gasteiger partial charge on any atom is 0.300 e. The fourth-order valence-electron chi connectivity index (χ4n) is 4.10. The van der Waals surface area contributed by atoms with E-state index in [0.717, 1.165) is 25.3 Å². The molecule has 5 nitrogen and oxygen atoms in total. The Kier molecular flexibility index (Phi) is 7.97. The van der Waals surface area contributed by atoms with Crippen molar-refractivity contribution in [3.63, 3.8) is 0 Å². The molecule has 4 rings (SSSR count). The number of ketones is 1. The SMILES string of the molecule is CCCCCOc1ccc(/C(O)=C2\C(=O)C(=O)N(c3ccc(F)c(Cl)c3)C2c2ccc(Cl)cc2)cc1. The van der Waals surface area contributed by atoms with Gasteiger partial charge < -0.3 is 9.84 Å². The number of carbonyl (C=O) groups is 2. The van der Waals surface area contributed by atoms with E-state index in [1.165, 1.54) is 17.0 Å². The van der Waals surface area contributed by atoms with E-state index in [-0.39, 0.29) is 22.0 Å². The molecule has 1 N–H and O–H groups in total. The largest absolute Gasteiger partial charge is 0.507 e. The van der Waals surface area contributed by atoms with Gasteiger partial charge in [-0.15, -0.1) is 0 Å². The lowest BCUT2D eigenvalue weighted by atomic mass is 9.95. The number of amides is 1. The van der Waals surface area contributed by atoms with Gasteiger partial charge in [-0.3, -0.25) is 14.5 Å². The molecule has 8 heteroatoms. The summed E-state index contributed by atoms with van der Waals surface area (Å²) in [6, 6.07) is 16.0. The summed E-state index contributed by atoms with van der Waals surface area (Å²) >= 11 is 12.0. The number of nitrogens with zero attached hydrogens (tertiary/aromatic N) is 1. The van der Waals surface area contributed by atoms with Gasteiger partial charge in [-0.2, -0.15) is 0 Å². The summed E-state index contributed by atoms with van der Waals surface area (Å²) < 4.78 is 19.5. The molecule has 1 heterocycles. The van der Waals surface area contributed by atoms with Crippen molar-refractivity contribution >= 4 is 46.3 Å². The normalized spacial score (nSPS) is 17.0. The molecule has 1 aliphatic rings. The van der Waals surface area contributed by atoms with Crippen LogP contribution in [-0.4, -0.2) is 23.4 Å². The topological polar surface area (TPSA) is 66.8 Å². The summed E-state index contributed by atoms with van der Waals surface area (Å²) in [6.07, 6.45) is 3.10. The zero-order valence-corrected chi connectivity index (χ0v) is 21.0. The van der Waals surface area contributed by atoms with Crippen LogP contribution in [0.5, 0.6) is 5.75 Å². The van der Waals surface area contributed by atoms with Crippen LogP contribution in [0.15, 0.2) is 72.3 Å². The fraction of sp³-hybridized carbons (Fsp3) is 0.214. The molecule has 1 fully saturated rings. The molecule has 1 atom stereocenters. The first-order chi connectivity index (χ1) is 17.3. The Labute approximate surface area is 218 Å². The van der Waals surface area contributed by atoms with E-state index in [0.29, 0.717) is 28.5 Å². The van der Waals surface area contributed by atoms with Crippen molar-refractivity contribution in [1.82, 2.24) is 0 Å². The number of unbranched alkanes of at least 4 members (excludes halogenated alkanes) is 2. The second kappa shape index (κ2) is 11.1. The van der Waals surface area contributed by atoms with Crippen molar-refractivity contribution in [2.75, 3.05) is 11.5 Å². The smallest absolute Gasteiger partial charge is 0.300 e. The van der Waals surface area contributed by atoms with Gasteiger partial charge in [0.2, 0.25) is 0 Å². The molecule has 0 aliphatic carbocycles. The summed E-state index contributed by atoms with van der Waals surface area (Å²) in [6.45, 7) is 2.70. The van der Waals surface area contributed by atoms with E-state index in [1.807, 2.05) is 0 Å². The van der Waals surface area contributed by atoms with Gasteiger partial charge in [0.05, 0.1) is 23.2 Å². The number of ether oxygens (including phenoxy) is 1. The van der Waals surface area contributed by atoms with E-state index in [4.69, 9.17) is 27.9 Å². The molecule has 1 unspecified atom stereocenters. The summed E-state index contributed by atoms with van der Waals surface area (Å²) in [5, 5.41) is 11.5. The number of halogens is 3. The molecular weight excluding hydrogens is 504 g/mol. The van der Waals surface area contributed by atoms with E-state index in [9.17, 15) is 19.1 Å². The minimum Gasteiger partial charge on any atom is -0.507 e. The molecule has 1 saturated heterocycles. The molecule has 186 valence electrons. The highest BCUT2D eigenvalue weighted by Crippen LogP contribution is 2.43. The highest BCUT2D eigenvalue weighted by atomic mass is 35.5. The number of aliphatic hydroxyl groups excluding tert-OH is 1. The fourth-order valence-corrected chi connectivity index (χ4v) is 4.40. The monoisotopic (exact) mass is 527 g/mol. The van der Waals surface area contributed by atoms with Crippen LogP contribution in [0.1, 0.15) is 43.4 Å². The summed E-state index contributed by atoms with van der Waals surface area (Å²) in [5.74, 6) is -2.08. The van der Waals surface area contributed by atoms with Crippen LogP contribution >= 0.6 is 23.2 Å². The molecule has 1 amide bonds. The third-order valence-corrected chi connectivity index (χ3v) is 6.50. The van der Waals surface area contributed by atoms with Crippen molar-refractivity contribution in [3.8, 4) is 5.75 Å². The second-order valence-corrected chi connectivity index (χ2v) is 9.24. The van der Waals surface area contributed by atoms with Crippen molar-refractivity contribution in [2.45, 2.75) is 32.2 Å². The first-order valence-corrected chi connectivity index (χ1v) is 12.3. The number of hydrogen-bond acceptors (Lipinski definition) is 4. The van der Waals surface area contributed by atoms with Crippen LogP contribution in [0.3, 0.4) is 0 Å². The van der Waals surface area contributed by atoms with E-state index in [2.05, 4.69) is 6.92 Å². The Morgan fingerprint density at radius 1 is 1.00 bits per heavy atom. The standard InChI is InChI=1S/C28H24Cl2FNO4/c1-2-3-4-15-36-21-12-7-18(8-13-21)26(33)24-25(17-5-9-19(29)10-6-17)32(28(35)27(24)34)20-11-14-23(31)22(30)16-20/h5-14,16,25,33H,2-4,15H2,1H3/b26-24+. The summed E-state index contributed by atoms with van der Waals surface area (Å²) in [4.78, 5) is 27.6. The second-order valence-electron chi connectivity index (χ2n) is 8.40. The average molecular weight is 528 g/mol. The molecule has 3 aromatic carbocycles. The molecule has 0 radical (unpaired) electrons. The maximum atomic E-state index is 13.8.